The molecule has 0 aliphatic carbocycles. The van der Waals surface area contributed by atoms with Gasteiger partial charge in [0.1, 0.15) is 5.75 Å². The SMILES string of the molecule is Cc1ccc(S(=O)(=O)Nc2ccc(O)cc2)cc1C. The third kappa shape index (κ3) is 3.06. The van der Waals surface area contributed by atoms with Crippen LogP contribution in [-0.2, 0) is 10.0 Å². The number of hydrogen-bond donors (Lipinski definition) is 2. The number of phenolic OH excluding ortho intramolecular Hbond substituents is 1. The number of hydrogen-bond acceptors (Lipinski definition) is 3. The predicted octanol–water partition coefficient (Wildman–Crippen LogP) is 2.81. The Morgan fingerprint density at radius 2 is 1.58 bits per heavy atom. The third-order valence-corrected chi connectivity index (χ3v) is 4.29. The summed E-state index contributed by atoms with van der Waals surface area (Å²) in [6.45, 7) is 3.80. The molecule has 5 heteroatoms. The summed E-state index contributed by atoms with van der Waals surface area (Å²) < 4.78 is 26.8. The van der Waals surface area contributed by atoms with Gasteiger partial charge in [-0.3, -0.25) is 4.72 Å². The Kier molecular flexibility index (Phi) is 3.48. The summed E-state index contributed by atoms with van der Waals surface area (Å²) in [5.41, 5.74) is 2.38. The number of aromatic hydroxyl groups is 1. The van der Waals surface area contributed by atoms with Gasteiger partial charge in [-0.05, 0) is 61.4 Å². The zero-order chi connectivity index (χ0) is 14.0. The largest absolute Gasteiger partial charge is 0.508 e. The quantitative estimate of drug-likeness (QED) is 0.848. The van der Waals surface area contributed by atoms with Crippen molar-refractivity contribution in [2.24, 2.45) is 0 Å². The summed E-state index contributed by atoms with van der Waals surface area (Å²) >= 11 is 0. The predicted molar refractivity (Wildman–Crippen MR) is 74.8 cm³/mol. The molecule has 0 fully saturated rings. The fourth-order valence-corrected chi connectivity index (χ4v) is 2.77. The van der Waals surface area contributed by atoms with Gasteiger partial charge in [-0.1, -0.05) is 6.07 Å². The standard InChI is InChI=1S/C14H15NO3S/c1-10-3-8-14(9-11(10)2)19(17,18)15-12-4-6-13(16)7-5-12/h3-9,15-16H,1-2H3. The molecule has 100 valence electrons. The molecule has 0 aromatic heterocycles. The van der Waals surface area contributed by atoms with Crippen LogP contribution in [0.1, 0.15) is 11.1 Å². The van der Waals surface area contributed by atoms with Crippen molar-refractivity contribution < 1.29 is 13.5 Å². The van der Waals surface area contributed by atoms with Gasteiger partial charge in [0.2, 0.25) is 0 Å². The van der Waals surface area contributed by atoms with Gasteiger partial charge in [-0.15, -0.1) is 0 Å². The number of anilines is 1. The Hall–Kier alpha value is -2.01. The topological polar surface area (TPSA) is 66.4 Å². The summed E-state index contributed by atoms with van der Waals surface area (Å²) in [7, 11) is -3.60. The Labute approximate surface area is 112 Å². The first-order valence-electron chi connectivity index (χ1n) is 5.77. The number of aryl methyl sites for hydroxylation is 2. The minimum atomic E-state index is -3.60. The maximum Gasteiger partial charge on any atom is 0.261 e. The first kappa shape index (κ1) is 13.4. The fraction of sp³-hybridized carbons (Fsp3) is 0.143. The molecule has 0 saturated heterocycles. The smallest absolute Gasteiger partial charge is 0.261 e. The molecule has 0 heterocycles. The second kappa shape index (κ2) is 4.93. The zero-order valence-corrected chi connectivity index (χ0v) is 11.5. The maximum absolute atomic E-state index is 12.2. The molecule has 0 aliphatic rings. The molecule has 19 heavy (non-hydrogen) atoms. The van der Waals surface area contributed by atoms with Crippen LogP contribution in [0, 0.1) is 13.8 Å². The normalized spacial score (nSPS) is 11.3. The third-order valence-electron chi connectivity index (χ3n) is 2.91. The van der Waals surface area contributed by atoms with Crippen molar-refractivity contribution in [1.82, 2.24) is 0 Å². The van der Waals surface area contributed by atoms with E-state index in [-0.39, 0.29) is 10.6 Å². The van der Waals surface area contributed by atoms with Crippen LogP contribution < -0.4 is 4.72 Å². The van der Waals surface area contributed by atoms with Crippen molar-refractivity contribution in [2.45, 2.75) is 18.7 Å². The average Bonchev–Trinajstić information content (AvgIpc) is 2.35. The molecule has 0 amide bonds. The number of nitrogens with one attached hydrogen (secondary N) is 1. The van der Waals surface area contributed by atoms with E-state index in [2.05, 4.69) is 4.72 Å². The van der Waals surface area contributed by atoms with E-state index < -0.39 is 10.0 Å². The van der Waals surface area contributed by atoms with Crippen molar-refractivity contribution in [2.75, 3.05) is 4.72 Å². The van der Waals surface area contributed by atoms with E-state index in [4.69, 9.17) is 5.11 Å². The summed E-state index contributed by atoms with van der Waals surface area (Å²) in [6.07, 6.45) is 0. The second-order valence-electron chi connectivity index (χ2n) is 4.40. The molecule has 0 unspecified atom stereocenters. The average molecular weight is 277 g/mol. The lowest BCUT2D eigenvalue weighted by Crippen LogP contribution is -2.13. The van der Waals surface area contributed by atoms with Crippen LogP contribution in [0.15, 0.2) is 47.4 Å². The van der Waals surface area contributed by atoms with Crippen molar-refractivity contribution in [3.05, 3.63) is 53.6 Å². The van der Waals surface area contributed by atoms with Crippen molar-refractivity contribution in [3.8, 4) is 5.75 Å². The molecule has 2 rings (SSSR count). The minimum absolute atomic E-state index is 0.0918. The highest BCUT2D eigenvalue weighted by molar-refractivity contribution is 7.92. The monoisotopic (exact) mass is 277 g/mol. The number of phenols is 1. The van der Waals surface area contributed by atoms with Crippen LogP contribution in [0.5, 0.6) is 5.75 Å². The van der Waals surface area contributed by atoms with E-state index in [0.717, 1.165) is 11.1 Å². The lowest BCUT2D eigenvalue weighted by Gasteiger charge is -2.09. The van der Waals surface area contributed by atoms with Crippen LogP contribution in [0.3, 0.4) is 0 Å². The first-order valence-corrected chi connectivity index (χ1v) is 7.26. The molecular formula is C14H15NO3S. The Bertz CT molecular complexity index is 691. The van der Waals surface area contributed by atoms with Gasteiger partial charge in [-0.2, -0.15) is 0 Å². The van der Waals surface area contributed by atoms with E-state index in [1.54, 1.807) is 18.2 Å². The molecule has 4 nitrogen and oxygen atoms in total. The number of sulfonamides is 1. The second-order valence-corrected chi connectivity index (χ2v) is 6.08. The van der Waals surface area contributed by atoms with Gasteiger partial charge in [0.15, 0.2) is 0 Å². The van der Waals surface area contributed by atoms with Gasteiger partial charge < -0.3 is 5.11 Å². The van der Waals surface area contributed by atoms with Crippen LogP contribution in [0.4, 0.5) is 5.69 Å². The fourth-order valence-electron chi connectivity index (χ4n) is 1.62. The molecule has 0 saturated carbocycles. The Morgan fingerprint density at radius 3 is 2.16 bits per heavy atom. The summed E-state index contributed by atoms with van der Waals surface area (Å²) in [4.78, 5) is 0.226. The molecule has 0 spiro atoms. The summed E-state index contributed by atoms with van der Waals surface area (Å²) in [5.74, 6) is 0.0918. The summed E-state index contributed by atoms with van der Waals surface area (Å²) in [5, 5.41) is 9.16. The maximum atomic E-state index is 12.2. The van der Waals surface area contributed by atoms with Crippen LogP contribution >= 0.6 is 0 Å². The van der Waals surface area contributed by atoms with Gasteiger partial charge >= 0.3 is 0 Å². The minimum Gasteiger partial charge on any atom is -0.508 e. The number of benzene rings is 2. The Morgan fingerprint density at radius 1 is 0.947 bits per heavy atom. The van der Waals surface area contributed by atoms with Crippen LogP contribution in [0.25, 0.3) is 0 Å². The molecule has 0 aliphatic heterocycles. The van der Waals surface area contributed by atoms with E-state index >= 15 is 0 Å². The van der Waals surface area contributed by atoms with E-state index in [9.17, 15) is 8.42 Å². The van der Waals surface area contributed by atoms with Crippen LogP contribution in [-0.4, -0.2) is 13.5 Å². The molecule has 0 radical (unpaired) electrons. The highest BCUT2D eigenvalue weighted by Crippen LogP contribution is 2.20. The van der Waals surface area contributed by atoms with Crippen molar-refractivity contribution in [3.63, 3.8) is 0 Å². The van der Waals surface area contributed by atoms with E-state index in [0.29, 0.717) is 5.69 Å². The van der Waals surface area contributed by atoms with Gasteiger partial charge in [0.25, 0.3) is 10.0 Å². The molecule has 0 bridgehead atoms. The molecule has 2 aromatic carbocycles. The van der Waals surface area contributed by atoms with Gasteiger partial charge in [0.05, 0.1) is 4.90 Å². The zero-order valence-electron chi connectivity index (χ0n) is 10.7. The molecule has 0 atom stereocenters. The van der Waals surface area contributed by atoms with Crippen LogP contribution in [0.2, 0.25) is 0 Å². The lowest BCUT2D eigenvalue weighted by molar-refractivity contribution is 0.475. The van der Waals surface area contributed by atoms with Crippen molar-refractivity contribution >= 4 is 15.7 Å². The van der Waals surface area contributed by atoms with Gasteiger partial charge in [-0.25, -0.2) is 8.42 Å². The number of rotatable bonds is 3. The summed E-state index contributed by atoms with van der Waals surface area (Å²) in [6, 6.07) is 10.9. The van der Waals surface area contributed by atoms with Crippen molar-refractivity contribution in [1.29, 1.82) is 0 Å². The van der Waals surface area contributed by atoms with Gasteiger partial charge in [0, 0.05) is 5.69 Å². The highest BCUT2D eigenvalue weighted by Gasteiger charge is 2.14. The van der Waals surface area contributed by atoms with E-state index in [1.807, 2.05) is 13.8 Å². The molecule has 2 N–H and O–H groups in total. The molecule has 2 aromatic rings. The Balaban J connectivity index is 2.32. The highest BCUT2D eigenvalue weighted by atomic mass is 32.2. The van der Waals surface area contributed by atoms with E-state index in [1.165, 1.54) is 24.3 Å². The molecular weight excluding hydrogens is 262 g/mol. The lowest BCUT2D eigenvalue weighted by atomic mass is 10.1. The first-order chi connectivity index (χ1) is 8.88.